The SMILES string of the molecule is c1ccc(OCc2cn3cc(-c4ccccc4)cnc3n2)cc1. The summed E-state index contributed by atoms with van der Waals surface area (Å²) in [6, 6.07) is 19.9. The fourth-order valence-electron chi connectivity index (χ4n) is 2.46. The molecule has 23 heavy (non-hydrogen) atoms. The van der Waals surface area contributed by atoms with Gasteiger partial charge in [-0.25, -0.2) is 9.97 Å². The van der Waals surface area contributed by atoms with Gasteiger partial charge in [-0.2, -0.15) is 0 Å². The Morgan fingerprint density at radius 1 is 0.826 bits per heavy atom. The molecule has 2 heterocycles. The Balaban J connectivity index is 1.58. The molecule has 0 spiro atoms. The predicted octanol–water partition coefficient (Wildman–Crippen LogP) is 3.98. The fraction of sp³-hybridized carbons (Fsp3) is 0.0526. The Bertz CT molecular complexity index is 917. The highest BCUT2D eigenvalue weighted by atomic mass is 16.5. The summed E-state index contributed by atoms with van der Waals surface area (Å²) >= 11 is 0. The molecule has 4 aromatic rings. The summed E-state index contributed by atoms with van der Waals surface area (Å²) < 4.78 is 7.67. The second-order valence-corrected chi connectivity index (χ2v) is 5.25. The number of imidazole rings is 1. The number of nitrogens with zero attached hydrogens (tertiary/aromatic N) is 3. The van der Waals surface area contributed by atoms with Crippen LogP contribution in [0.15, 0.2) is 79.3 Å². The second kappa shape index (κ2) is 5.93. The normalized spacial score (nSPS) is 10.8. The van der Waals surface area contributed by atoms with Crippen LogP contribution in [0.2, 0.25) is 0 Å². The number of hydrogen-bond acceptors (Lipinski definition) is 3. The molecule has 0 N–H and O–H groups in total. The van der Waals surface area contributed by atoms with Crippen molar-refractivity contribution in [3.05, 3.63) is 84.9 Å². The molecule has 0 amide bonds. The van der Waals surface area contributed by atoms with Crippen LogP contribution in [0.1, 0.15) is 5.69 Å². The summed E-state index contributed by atoms with van der Waals surface area (Å²) in [7, 11) is 0. The van der Waals surface area contributed by atoms with Gasteiger partial charge in [-0.05, 0) is 17.7 Å². The van der Waals surface area contributed by atoms with Gasteiger partial charge in [0.1, 0.15) is 12.4 Å². The van der Waals surface area contributed by atoms with E-state index in [0.717, 1.165) is 22.6 Å². The van der Waals surface area contributed by atoms with Crippen LogP contribution in [0, 0.1) is 0 Å². The molecule has 0 radical (unpaired) electrons. The summed E-state index contributed by atoms with van der Waals surface area (Å²) in [6.45, 7) is 0.425. The molecule has 0 aliphatic rings. The fourth-order valence-corrected chi connectivity index (χ4v) is 2.46. The third-order valence-corrected chi connectivity index (χ3v) is 3.60. The van der Waals surface area contributed by atoms with Gasteiger partial charge in [-0.15, -0.1) is 0 Å². The predicted molar refractivity (Wildman–Crippen MR) is 89.2 cm³/mol. The first kappa shape index (κ1) is 13.5. The molecule has 0 fully saturated rings. The van der Waals surface area contributed by atoms with E-state index in [2.05, 4.69) is 22.1 Å². The molecule has 0 aliphatic carbocycles. The minimum atomic E-state index is 0.425. The van der Waals surface area contributed by atoms with E-state index in [0.29, 0.717) is 12.4 Å². The maximum Gasteiger partial charge on any atom is 0.234 e. The van der Waals surface area contributed by atoms with E-state index in [1.807, 2.05) is 71.5 Å². The van der Waals surface area contributed by atoms with Gasteiger partial charge < -0.3 is 4.74 Å². The van der Waals surface area contributed by atoms with Crippen LogP contribution in [0.25, 0.3) is 16.9 Å². The smallest absolute Gasteiger partial charge is 0.234 e. The maximum atomic E-state index is 5.73. The largest absolute Gasteiger partial charge is 0.487 e. The van der Waals surface area contributed by atoms with Crippen molar-refractivity contribution in [2.75, 3.05) is 0 Å². The molecular formula is C19H15N3O. The van der Waals surface area contributed by atoms with Crippen LogP contribution in [0.4, 0.5) is 0 Å². The Morgan fingerprint density at radius 3 is 2.35 bits per heavy atom. The molecule has 4 heteroatoms. The minimum absolute atomic E-state index is 0.425. The summed E-state index contributed by atoms with van der Waals surface area (Å²) in [4.78, 5) is 8.92. The van der Waals surface area contributed by atoms with Gasteiger partial charge in [0.25, 0.3) is 0 Å². The lowest BCUT2D eigenvalue weighted by Gasteiger charge is -2.02. The zero-order chi connectivity index (χ0) is 15.5. The van der Waals surface area contributed by atoms with Gasteiger partial charge >= 0.3 is 0 Å². The Kier molecular flexibility index (Phi) is 3.48. The van der Waals surface area contributed by atoms with Gasteiger partial charge in [-0.3, -0.25) is 4.40 Å². The third kappa shape index (κ3) is 2.92. The highest BCUT2D eigenvalue weighted by molar-refractivity contribution is 5.62. The lowest BCUT2D eigenvalue weighted by molar-refractivity contribution is 0.302. The lowest BCUT2D eigenvalue weighted by atomic mass is 10.1. The molecular weight excluding hydrogens is 286 g/mol. The molecule has 2 aromatic heterocycles. The number of fused-ring (bicyclic) bond motifs is 1. The van der Waals surface area contributed by atoms with Gasteiger partial charge in [0, 0.05) is 24.2 Å². The first-order valence-electron chi connectivity index (χ1n) is 7.45. The monoisotopic (exact) mass is 301 g/mol. The molecule has 0 aliphatic heterocycles. The van der Waals surface area contributed by atoms with E-state index in [1.165, 1.54) is 0 Å². The van der Waals surface area contributed by atoms with Crippen LogP contribution in [0.5, 0.6) is 5.75 Å². The van der Waals surface area contributed by atoms with E-state index in [-0.39, 0.29) is 0 Å². The van der Waals surface area contributed by atoms with E-state index in [1.54, 1.807) is 0 Å². The zero-order valence-electron chi connectivity index (χ0n) is 12.5. The Hall–Kier alpha value is -3.14. The number of rotatable bonds is 4. The molecule has 0 bridgehead atoms. The van der Waals surface area contributed by atoms with Gasteiger partial charge in [-0.1, -0.05) is 48.5 Å². The molecule has 4 nitrogen and oxygen atoms in total. The highest BCUT2D eigenvalue weighted by Crippen LogP contribution is 2.18. The average Bonchev–Trinajstić information content (AvgIpc) is 3.04. The van der Waals surface area contributed by atoms with Gasteiger partial charge in [0.15, 0.2) is 0 Å². The van der Waals surface area contributed by atoms with Crippen molar-refractivity contribution in [1.29, 1.82) is 0 Å². The van der Waals surface area contributed by atoms with Gasteiger partial charge in [0.2, 0.25) is 5.78 Å². The summed E-state index contributed by atoms with van der Waals surface area (Å²) in [5.74, 6) is 1.51. The Morgan fingerprint density at radius 2 is 1.57 bits per heavy atom. The van der Waals surface area contributed by atoms with Crippen LogP contribution in [-0.4, -0.2) is 14.4 Å². The average molecular weight is 301 g/mol. The highest BCUT2D eigenvalue weighted by Gasteiger charge is 2.05. The van der Waals surface area contributed by atoms with Crippen molar-refractivity contribution in [3.63, 3.8) is 0 Å². The maximum absolute atomic E-state index is 5.73. The number of benzene rings is 2. The number of hydrogen-bond donors (Lipinski definition) is 0. The molecule has 0 atom stereocenters. The van der Waals surface area contributed by atoms with Crippen molar-refractivity contribution in [2.24, 2.45) is 0 Å². The summed E-state index contributed by atoms with van der Waals surface area (Å²) in [6.07, 6.45) is 5.84. The second-order valence-electron chi connectivity index (χ2n) is 5.25. The molecule has 0 saturated carbocycles. The van der Waals surface area contributed by atoms with E-state index in [4.69, 9.17) is 4.74 Å². The molecule has 0 unspecified atom stereocenters. The molecule has 2 aromatic carbocycles. The third-order valence-electron chi connectivity index (χ3n) is 3.60. The minimum Gasteiger partial charge on any atom is -0.487 e. The van der Waals surface area contributed by atoms with Crippen LogP contribution >= 0.6 is 0 Å². The van der Waals surface area contributed by atoms with Crippen molar-refractivity contribution in [2.45, 2.75) is 6.61 Å². The number of aromatic nitrogens is 3. The van der Waals surface area contributed by atoms with Crippen LogP contribution in [-0.2, 0) is 6.61 Å². The number of ether oxygens (including phenoxy) is 1. The first-order valence-corrected chi connectivity index (χ1v) is 7.45. The van der Waals surface area contributed by atoms with Crippen LogP contribution in [0.3, 0.4) is 0 Å². The van der Waals surface area contributed by atoms with E-state index >= 15 is 0 Å². The molecule has 4 rings (SSSR count). The lowest BCUT2D eigenvalue weighted by Crippen LogP contribution is -1.94. The summed E-state index contributed by atoms with van der Waals surface area (Å²) in [5.41, 5.74) is 3.05. The van der Waals surface area contributed by atoms with E-state index in [9.17, 15) is 0 Å². The van der Waals surface area contributed by atoms with Crippen molar-refractivity contribution < 1.29 is 4.74 Å². The molecule has 0 saturated heterocycles. The van der Waals surface area contributed by atoms with E-state index < -0.39 is 0 Å². The standard InChI is InChI=1S/C19H15N3O/c1-3-7-15(8-4-1)16-11-20-19-21-17(13-22(19)12-16)14-23-18-9-5-2-6-10-18/h1-13H,14H2. The van der Waals surface area contributed by atoms with Gasteiger partial charge in [0.05, 0.1) is 5.69 Å². The van der Waals surface area contributed by atoms with Crippen molar-refractivity contribution in [1.82, 2.24) is 14.4 Å². The summed E-state index contributed by atoms with van der Waals surface area (Å²) in [5, 5.41) is 0. The molecule has 112 valence electrons. The topological polar surface area (TPSA) is 39.4 Å². The quantitative estimate of drug-likeness (QED) is 0.572. The zero-order valence-corrected chi connectivity index (χ0v) is 12.5. The van der Waals surface area contributed by atoms with Crippen molar-refractivity contribution >= 4 is 5.78 Å². The number of para-hydroxylation sites is 1. The first-order chi connectivity index (χ1) is 11.4. The van der Waals surface area contributed by atoms with Crippen molar-refractivity contribution in [3.8, 4) is 16.9 Å². The Labute approximate surface area is 134 Å². The van der Waals surface area contributed by atoms with Crippen LogP contribution < -0.4 is 4.74 Å².